The van der Waals surface area contributed by atoms with Crippen LogP contribution in [0, 0.1) is 6.92 Å². The Morgan fingerprint density at radius 1 is 1.00 bits per heavy atom. The maximum Gasteiger partial charge on any atom is 0.416 e. The van der Waals surface area contributed by atoms with E-state index >= 15 is 0 Å². The van der Waals surface area contributed by atoms with Gasteiger partial charge in [-0.25, -0.2) is 4.79 Å². The zero-order valence-electron chi connectivity index (χ0n) is 19.1. The maximum absolute atomic E-state index is 13.5. The van der Waals surface area contributed by atoms with Crippen molar-refractivity contribution in [3.63, 3.8) is 0 Å². The van der Waals surface area contributed by atoms with E-state index < -0.39 is 23.8 Å². The molecule has 2 amide bonds. The second kappa shape index (κ2) is 9.29. The zero-order valence-corrected chi connectivity index (χ0v) is 19.1. The number of amides is 2. The van der Waals surface area contributed by atoms with E-state index in [9.17, 15) is 18.0 Å². The maximum atomic E-state index is 13.5. The number of aryl methyl sites for hydroxylation is 1. The fourth-order valence-electron chi connectivity index (χ4n) is 4.24. The van der Waals surface area contributed by atoms with Gasteiger partial charge in [0.25, 0.3) is 0 Å². The van der Waals surface area contributed by atoms with Crippen molar-refractivity contribution in [3.05, 3.63) is 88.5 Å². The van der Waals surface area contributed by atoms with Gasteiger partial charge < -0.3 is 19.7 Å². The largest absolute Gasteiger partial charge is 0.493 e. The number of anilines is 1. The monoisotopic (exact) mass is 470 g/mol. The molecule has 0 aliphatic carbocycles. The molecular weight excluding hydrogens is 445 g/mol. The number of rotatable bonds is 4. The zero-order chi connectivity index (χ0) is 24.5. The molecule has 3 aromatic carbocycles. The van der Waals surface area contributed by atoms with Crippen molar-refractivity contribution >= 4 is 11.7 Å². The predicted octanol–water partition coefficient (Wildman–Crippen LogP) is 6.21. The molecule has 1 aliphatic rings. The van der Waals surface area contributed by atoms with Crippen LogP contribution in [-0.4, -0.2) is 31.7 Å². The lowest BCUT2D eigenvalue weighted by Gasteiger charge is -2.38. The van der Waals surface area contributed by atoms with E-state index in [1.165, 1.54) is 20.3 Å². The van der Waals surface area contributed by atoms with Gasteiger partial charge in [-0.05, 0) is 66.4 Å². The van der Waals surface area contributed by atoms with Crippen LogP contribution in [0.5, 0.6) is 11.5 Å². The third-order valence-electron chi connectivity index (χ3n) is 5.97. The number of fused-ring (bicyclic) bond motifs is 1. The minimum atomic E-state index is -4.50. The van der Waals surface area contributed by atoms with Crippen molar-refractivity contribution in [2.45, 2.75) is 25.6 Å². The first-order valence-electron chi connectivity index (χ1n) is 10.8. The molecule has 1 heterocycles. The summed E-state index contributed by atoms with van der Waals surface area (Å²) in [5.74, 6) is 0.973. The molecule has 5 nitrogen and oxygen atoms in total. The van der Waals surface area contributed by atoms with E-state index in [2.05, 4.69) is 5.32 Å². The van der Waals surface area contributed by atoms with Gasteiger partial charge in [-0.15, -0.1) is 0 Å². The first-order chi connectivity index (χ1) is 16.2. The summed E-state index contributed by atoms with van der Waals surface area (Å²) in [4.78, 5) is 14.9. The van der Waals surface area contributed by atoms with Crippen molar-refractivity contribution in [1.82, 2.24) is 4.90 Å². The highest BCUT2D eigenvalue weighted by Crippen LogP contribution is 2.42. The van der Waals surface area contributed by atoms with Gasteiger partial charge in [0.05, 0.1) is 25.8 Å². The summed E-state index contributed by atoms with van der Waals surface area (Å²) >= 11 is 0. The Bertz CT molecular complexity index is 1190. The molecule has 178 valence electrons. The lowest BCUT2D eigenvalue weighted by Crippen LogP contribution is -2.43. The van der Waals surface area contributed by atoms with Gasteiger partial charge in [0.15, 0.2) is 11.5 Å². The quantitative estimate of drug-likeness (QED) is 0.493. The molecule has 4 rings (SSSR count). The Morgan fingerprint density at radius 2 is 1.68 bits per heavy atom. The standard InChI is InChI=1S/C26H25F3N2O3/c1-16-7-9-20(10-8-16)30-25(32)31-12-11-17-14-22(33-2)23(34-3)15-21(17)24(31)18-5-4-6-19(13-18)26(27,28)29/h4-10,13-15,24H,11-12H2,1-3H3,(H,30,32). The van der Waals surface area contributed by atoms with Crippen LogP contribution in [-0.2, 0) is 12.6 Å². The number of carbonyl (C=O) groups excluding carboxylic acids is 1. The average Bonchev–Trinajstić information content (AvgIpc) is 2.83. The molecule has 1 atom stereocenters. The minimum absolute atomic E-state index is 0.321. The van der Waals surface area contributed by atoms with Gasteiger partial charge in [-0.2, -0.15) is 13.2 Å². The molecule has 0 bridgehead atoms. The minimum Gasteiger partial charge on any atom is -0.493 e. The summed E-state index contributed by atoms with van der Waals surface area (Å²) in [7, 11) is 3.02. The van der Waals surface area contributed by atoms with E-state index in [1.807, 2.05) is 25.1 Å². The molecule has 0 saturated heterocycles. The third-order valence-corrected chi connectivity index (χ3v) is 5.97. The van der Waals surface area contributed by atoms with Gasteiger partial charge >= 0.3 is 12.2 Å². The van der Waals surface area contributed by atoms with Gasteiger partial charge in [0.2, 0.25) is 0 Å². The summed E-state index contributed by atoms with van der Waals surface area (Å²) in [6.07, 6.45) is -3.98. The van der Waals surface area contributed by atoms with Crippen molar-refractivity contribution in [2.24, 2.45) is 0 Å². The smallest absolute Gasteiger partial charge is 0.416 e. The first kappa shape index (κ1) is 23.5. The number of benzene rings is 3. The Balaban J connectivity index is 1.80. The number of nitrogens with one attached hydrogen (secondary N) is 1. The summed E-state index contributed by atoms with van der Waals surface area (Å²) in [6, 6.07) is 14.9. The van der Waals surface area contributed by atoms with Crippen LogP contribution in [0.25, 0.3) is 0 Å². The van der Waals surface area contributed by atoms with Crippen LogP contribution in [0.1, 0.15) is 33.9 Å². The number of ether oxygens (including phenoxy) is 2. The molecule has 0 saturated carbocycles. The molecular formula is C26H25F3N2O3. The van der Waals surface area contributed by atoms with Crippen LogP contribution in [0.2, 0.25) is 0 Å². The number of urea groups is 1. The van der Waals surface area contributed by atoms with Crippen molar-refractivity contribution in [2.75, 3.05) is 26.1 Å². The molecule has 0 spiro atoms. The highest BCUT2D eigenvalue weighted by Gasteiger charge is 2.36. The second-order valence-electron chi connectivity index (χ2n) is 8.17. The van der Waals surface area contributed by atoms with E-state index in [0.717, 1.165) is 23.3 Å². The van der Waals surface area contributed by atoms with Crippen LogP contribution >= 0.6 is 0 Å². The normalized spacial score (nSPS) is 15.5. The SMILES string of the molecule is COc1cc2c(cc1OC)C(c1cccc(C(F)(F)F)c1)N(C(=O)Nc1ccc(C)cc1)CC2. The number of hydrogen-bond donors (Lipinski definition) is 1. The second-order valence-corrected chi connectivity index (χ2v) is 8.17. The number of halogens is 3. The number of hydrogen-bond acceptors (Lipinski definition) is 3. The summed E-state index contributed by atoms with van der Waals surface area (Å²) in [5.41, 5.74) is 2.84. The fraction of sp³-hybridized carbons (Fsp3) is 0.269. The van der Waals surface area contributed by atoms with Gasteiger partial charge in [0, 0.05) is 12.2 Å². The average molecular weight is 470 g/mol. The van der Waals surface area contributed by atoms with Gasteiger partial charge in [-0.3, -0.25) is 0 Å². The van der Waals surface area contributed by atoms with Crippen LogP contribution in [0.3, 0.4) is 0 Å². The van der Waals surface area contributed by atoms with Crippen LogP contribution in [0.4, 0.5) is 23.7 Å². The van der Waals surface area contributed by atoms with Crippen molar-refractivity contribution < 1.29 is 27.4 Å². The highest BCUT2D eigenvalue weighted by molar-refractivity contribution is 5.90. The van der Waals surface area contributed by atoms with E-state index in [-0.39, 0.29) is 0 Å². The van der Waals surface area contributed by atoms with E-state index in [0.29, 0.717) is 41.3 Å². The number of alkyl halides is 3. The molecule has 34 heavy (non-hydrogen) atoms. The number of carbonyl (C=O) groups is 1. The molecule has 1 N–H and O–H groups in total. The molecule has 1 unspecified atom stereocenters. The number of nitrogens with zero attached hydrogens (tertiary/aromatic N) is 1. The van der Waals surface area contributed by atoms with Crippen LogP contribution in [0.15, 0.2) is 60.7 Å². The Labute approximate surface area is 196 Å². The Kier molecular flexibility index (Phi) is 6.41. The van der Waals surface area contributed by atoms with E-state index in [4.69, 9.17) is 9.47 Å². The highest BCUT2D eigenvalue weighted by atomic mass is 19.4. The van der Waals surface area contributed by atoms with Gasteiger partial charge in [-0.1, -0.05) is 29.8 Å². The van der Waals surface area contributed by atoms with Crippen LogP contribution < -0.4 is 14.8 Å². The molecule has 1 aliphatic heterocycles. The molecule has 8 heteroatoms. The lowest BCUT2D eigenvalue weighted by molar-refractivity contribution is -0.137. The summed E-state index contributed by atoms with van der Waals surface area (Å²) in [5, 5.41) is 2.87. The first-order valence-corrected chi connectivity index (χ1v) is 10.8. The molecule has 0 aromatic heterocycles. The summed E-state index contributed by atoms with van der Waals surface area (Å²) in [6.45, 7) is 2.26. The lowest BCUT2D eigenvalue weighted by atomic mass is 9.87. The Hall–Kier alpha value is -3.68. The molecule has 0 fully saturated rings. The molecule has 3 aromatic rings. The fourth-order valence-corrected chi connectivity index (χ4v) is 4.24. The topological polar surface area (TPSA) is 50.8 Å². The number of methoxy groups -OCH3 is 2. The molecule has 0 radical (unpaired) electrons. The predicted molar refractivity (Wildman–Crippen MR) is 123 cm³/mol. The Morgan fingerprint density at radius 3 is 2.32 bits per heavy atom. The van der Waals surface area contributed by atoms with Crippen molar-refractivity contribution in [1.29, 1.82) is 0 Å². The van der Waals surface area contributed by atoms with E-state index in [1.54, 1.807) is 29.2 Å². The summed E-state index contributed by atoms with van der Waals surface area (Å²) < 4.78 is 51.3. The van der Waals surface area contributed by atoms with Gasteiger partial charge in [0.1, 0.15) is 0 Å². The van der Waals surface area contributed by atoms with Crippen molar-refractivity contribution in [3.8, 4) is 11.5 Å². The third kappa shape index (κ3) is 4.66.